The summed E-state index contributed by atoms with van der Waals surface area (Å²) in [5, 5.41) is 11.6. The Bertz CT molecular complexity index is 1050. The van der Waals surface area contributed by atoms with E-state index in [9.17, 15) is 9.59 Å². The van der Waals surface area contributed by atoms with Gasteiger partial charge in [0.05, 0.1) is 0 Å². The molecule has 0 aliphatic heterocycles. The Morgan fingerprint density at radius 3 is 2.23 bits per heavy atom. The van der Waals surface area contributed by atoms with Gasteiger partial charge in [-0.15, -0.1) is 5.73 Å². The van der Waals surface area contributed by atoms with E-state index < -0.39 is 5.97 Å². The lowest BCUT2D eigenvalue weighted by Crippen LogP contribution is -2.11. The fourth-order valence-corrected chi connectivity index (χ4v) is 3.65. The molecule has 0 saturated carbocycles. The van der Waals surface area contributed by atoms with Gasteiger partial charge in [0, 0.05) is 24.1 Å². The lowest BCUT2D eigenvalue weighted by atomic mass is 9.88. The first-order valence-electron chi connectivity index (χ1n) is 10.6. The van der Waals surface area contributed by atoms with Gasteiger partial charge in [-0.3, -0.25) is 9.59 Å². The van der Waals surface area contributed by atoms with Crippen molar-refractivity contribution in [3.8, 4) is 0 Å². The summed E-state index contributed by atoms with van der Waals surface area (Å²) in [5.74, 6) is -0.929. The summed E-state index contributed by atoms with van der Waals surface area (Å²) < 4.78 is 0. The quantitative estimate of drug-likeness (QED) is 0.363. The van der Waals surface area contributed by atoms with Crippen LogP contribution in [0.4, 0.5) is 5.69 Å². The van der Waals surface area contributed by atoms with Crippen LogP contribution in [-0.4, -0.2) is 17.0 Å². The number of hydrogen-bond donors (Lipinski definition) is 2. The third-order valence-corrected chi connectivity index (χ3v) is 5.14. The van der Waals surface area contributed by atoms with Crippen LogP contribution in [0.3, 0.4) is 0 Å². The van der Waals surface area contributed by atoms with Gasteiger partial charge in [0.1, 0.15) is 0 Å². The number of unbranched alkanes of at least 4 members (excludes halogenated alkanes) is 1. The van der Waals surface area contributed by atoms with Crippen LogP contribution in [0.5, 0.6) is 0 Å². The molecule has 2 aromatic carbocycles. The molecule has 4 heteroatoms. The van der Waals surface area contributed by atoms with E-state index in [4.69, 9.17) is 5.11 Å². The van der Waals surface area contributed by atoms with Crippen molar-refractivity contribution in [1.82, 2.24) is 0 Å². The van der Waals surface area contributed by atoms with Crippen molar-refractivity contribution in [2.75, 3.05) is 5.32 Å². The monoisotopic (exact) mass is 413 g/mol. The zero-order valence-electron chi connectivity index (χ0n) is 17.7. The third kappa shape index (κ3) is 6.18. The Balaban J connectivity index is 1.80. The lowest BCUT2D eigenvalue weighted by Gasteiger charge is -2.16. The maximum atomic E-state index is 12.1. The predicted octanol–water partition coefficient (Wildman–Crippen LogP) is 6.13. The maximum Gasteiger partial charge on any atom is 0.303 e. The molecule has 1 aliphatic carbocycles. The van der Waals surface area contributed by atoms with Gasteiger partial charge in [-0.1, -0.05) is 55.5 Å². The predicted molar refractivity (Wildman–Crippen MR) is 125 cm³/mol. The highest BCUT2D eigenvalue weighted by Crippen LogP contribution is 2.33. The molecule has 4 nitrogen and oxygen atoms in total. The van der Waals surface area contributed by atoms with E-state index in [-0.39, 0.29) is 12.3 Å². The van der Waals surface area contributed by atoms with Crippen LogP contribution in [0.2, 0.25) is 0 Å². The minimum absolute atomic E-state index is 0.0944. The molecule has 2 aromatic rings. The van der Waals surface area contributed by atoms with Crippen molar-refractivity contribution in [2.24, 2.45) is 0 Å². The van der Waals surface area contributed by atoms with Crippen molar-refractivity contribution < 1.29 is 14.7 Å². The summed E-state index contributed by atoms with van der Waals surface area (Å²) >= 11 is 0. The first kappa shape index (κ1) is 22.1. The molecule has 1 aliphatic rings. The summed E-state index contributed by atoms with van der Waals surface area (Å²) in [6.07, 6.45) is 8.37. The summed E-state index contributed by atoms with van der Waals surface area (Å²) in [5.41, 5.74) is 9.77. The van der Waals surface area contributed by atoms with Crippen LogP contribution < -0.4 is 5.32 Å². The number of carbonyl (C=O) groups is 2. The molecule has 0 fully saturated rings. The van der Waals surface area contributed by atoms with Crippen molar-refractivity contribution in [3.05, 3.63) is 101 Å². The van der Waals surface area contributed by atoms with Gasteiger partial charge in [0.2, 0.25) is 5.91 Å². The summed E-state index contributed by atoms with van der Waals surface area (Å²) in [7, 11) is 0. The molecule has 0 aromatic heterocycles. The van der Waals surface area contributed by atoms with Crippen LogP contribution in [0.25, 0.3) is 5.57 Å². The van der Waals surface area contributed by atoms with Crippen LogP contribution in [0.1, 0.15) is 50.2 Å². The SMILES string of the molecule is CC/C(C1=C=CC=C1)=C(/c1ccccc1)c1ccc(NC(=O)CCCCC(=O)O)cc1. The number of carboxylic acid groups (broad SMARTS) is 1. The third-order valence-electron chi connectivity index (χ3n) is 5.14. The molecular formula is C27H27NO3. The highest BCUT2D eigenvalue weighted by molar-refractivity contribution is 5.91. The number of allylic oxidation sites excluding steroid dienone is 4. The summed E-state index contributed by atoms with van der Waals surface area (Å²) in [6, 6.07) is 18.2. The zero-order chi connectivity index (χ0) is 22.1. The molecule has 0 radical (unpaired) electrons. The van der Waals surface area contributed by atoms with Gasteiger partial charge >= 0.3 is 5.97 Å². The van der Waals surface area contributed by atoms with Crippen molar-refractivity contribution >= 4 is 23.1 Å². The standard InChI is InChI=1S/C27H27NO3/c1-2-24(20-10-6-7-11-20)27(21-12-4-3-5-13-21)22-16-18-23(19-17-22)28-25(29)14-8-9-15-26(30)31/h3-7,10,12-13,16-19H,2,8-9,14-15H2,1H3,(H,28,29)(H,30,31)/b27-24+. The molecule has 0 heterocycles. The topological polar surface area (TPSA) is 66.4 Å². The van der Waals surface area contributed by atoms with Gasteiger partial charge in [0.25, 0.3) is 0 Å². The molecule has 0 saturated heterocycles. The Morgan fingerprint density at radius 2 is 1.61 bits per heavy atom. The van der Waals surface area contributed by atoms with Gasteiger partial charge < -0.3 is 10.4 Å². The number of rotatable bonds is 10. The van der Waals surface area contributed by atoms with Crippen molar-refractivity contribution in [1.29, 1.82) is 0 Å². The second-order valence-electron chi connectivity index (χ2n) is 7.38. The second kappa shape index (κ2) is 11.0. The van der Waals surface area contributed by atoms with E-state index >= 15 is 0 Å². The molecule has 0 bridgehead atoms. The highest BCUT2D eigenvalue weighted by atomic mass is 16.4. The number of aliphatic carboxylic acids is 1. The second-order valence-corrected chi connectivity index (χ2v) is 7.38. The summed E-state index contributed by atoms with van der Waals surface area (Å²) in [4.78, 5) is 22.7. The Morgan fingerprint density at radius 1 is 0.935 bits per heavy atom. The number of hydrogen-bond acceptors (Lipinski definition) is 2. The largest absolute Gasteiger partial charge is 0.481 e. The van der Waals surface area contributed by atoms with Crippen molar-refractivity contribution in [2.45, 2.75) is 39.0 Å². The first-order valence-corrected chi connectivity index (χ1v) is 10.6. The molecule has 158 valence electrons. The number of carbonyl (C=O) groups excluding carboxylic acids is 1. The average molecular weight is 414 g/mol. The molecule has 0 spiro atoms. The molecule has 31 heavy (non-hydrogen) atoms. The Hall–Kier alpha value is -3.62. The van der Waals surface area contributed by atoms with E-state index in [1.54, 1.807) is 0 Å². The molecule has 0 atom stereocenters. The fourth-order valence-electron chi connectivity index (χ4n) is 3.65. The average Bonchev–Trinajstić information content (AvgIpc) is 3.31. The smallest absolute Gasteiger partial charge is 0.303 e. The van der Waals surface area contributed by atoms with E-state index in [1.165, 1.54) is 5.57 Å². The molecular weight excluding hydrogens is 386 g/mol. The van der Waals surface area contributed by atoms with E-state index in [1.807, 2.05) is 54.6 Å². The van der Waals surface area contributed by atoms with Crippen LogP contribution >= 0.6 is 0 Å². The summed E-state index contributed by atoms with van der Waals surface area (Å²) in [6.45, 7) is 2.15. The van der Waals surface area contributed by atoms with Gasteiger partial charge in [-0.25, -0.2) is 0 Å². The van der Waals surface area contributed by atoms with Gasteiger partial charge in [0.15, 0.2) is 0 Å². The van der Waals surface area contributed by atoms with Gasteiger partial charge in [-0.2, -0.15) is 0 Å². The number of amides is 1. The minimum Gasteiger partial charge on any atom is -0.481 e. The van der Waals surface area contributed by atoms with E-state index in [0.29, 0.717) is 19.3 Å². The number of anilines is 1. The Kier molecular flexibility index (Phi) is 7.80. The fraction of sp³-hybridized carbons (Fsp3) is 0.222. The van der Waals surface area contributed by atoms with Crippen LogP contribution in [0, 0.1) is 0 Å². The normalized spacial score (nSPS) is 13.0. The van der Waals surface area contributed by atoms with Crippen LogP contribution in [0.15, 0.2) is 89.7 Å². The molecule has 0 unspecified atom stereocenters. The Labute approximate surface area is 183 Å². The molecule has 2 N–H and O–H groups in total. The number of nitrogens with one attached hydrogen (secondary N) is 1. The van der Waals surface area contributed by atoms with E-state index in [0.717, 1.165) is 34.4 Å². The van der Waals surface area contributed by atoms with E-state index in [2.05, 4.69) is 36.2 Å². The van der Waals surface area contributed by atoms with Gasteiger partial charge in [-0.05, 0) is 65.8 Å². The lowest BCUT2D eigenvalue weighted by molar-refractivity contribution is -0.137. The highest BCUT2D eigenvalue weighted by Gasteiger charge is 2.14. The maximum absolute atomic E-state index is 12.1. The number of benzene rings is 2. The van der Waals surface area contributed by atoms with Crippen LogP contribution in [-0.2, 0) is 9.59 Å². The number of carboxylic acids is 1. The minimum atomic E-state index is -0.830. The molecule has 3 rings (SSSR count). The van der Waals surface area contributed by atoms with Crippen molar-refractivity contribution in [3.63, 3.8) is 0 Å². The first-order chi connectivity index (χ1) is 15.1. The zero-order valence-corrected chi connectivity index (χ0v) is 17.7. The molecule has 1 amide bonds.